The molecule has 0 aliphatic carbocycles. The molecule has 1 rings (SSSR count). The summed E-state index contributed by atoms with van der Waals surface area (Å²) in [5.41, 5.74) is 0.0512. The molecule has 0 saturated carbocycles. The van der Waals surface area contributed by atoms with E-state index in [1.165, 1.54) is 0 Å². The van der Waals surface area contributed by atoms with Gasteiger partial charge < -0.3 is 10.2 Å². The van der Waals surface area contributed by atoms with E-state index in [9.17, 15) is 4.79 Å². The minimum absolute atomic E-state index is 0.121. The molecule has 16 heavy (non-hydrogen) atoms. The molecule has 0 spiro atoms. The lowest BCUT2D eigenvalue weighted by molar-refractivity contribution is -0.140. The third kappa shape index (κ3) is 3.32. The summed E-state index contributed by atoms with van der Waals surface area (Å²) in [5, 5.41) is 21.2. The van der Waals surface area contributed by atoms with Crippen molar-refractivity contribution in [1.29, 1.82) is 0 Å². The molecule has 1 aromatic rings. The average molecular weight is 223 g/mol. The fourth-order valence-electron chi connectivity index (χ4n) is 1.37. The Bertz CT molecular complexity index is 349. The van der Waals surface area contributed by atoms with Crippen LogP contribution in [-0.2, 0) is 4.79 Å². The molecule has 1 atom stereocenters. The summed E-state index contributed by atoms with van der Waals surface area (Å²) in [6.45, 7) is 3.39. The van der Waals surface area contributed by atoms with Gasteiger partial charge in [0.25, 0.3) is 0 Å². The monoisotopic (exact) mass is 223 g/mol. The van der Waals surface area contributed by atoms with Crippen molar-refractivity contribution in [2.75, 3.05) is 6.61 Å². The Balaban J connectivity index is 2.89. The molecular formula is C12H17NO3. The Kier molecular flexibility index (Phi) is 4.04. The van der Waals surface area contributed by atoms with Crippen LogP contribution in [0.15, 0.2) is 30.3 Å². The van der Waals surface area contributed by atoms with Crippen molar-refractivity contribution < 1.29 is 15.0 Å². The summed E-state index contributed by atoms with van der Waals surface area (Å²) >= 11 is 0. The quantitative estimate of drug-likeness (QED) is 0.701. The molecule has 4 nitrogen and oxygen atoms in total. The van der Waals surface area contributed by atoms with Crippen LogP contribution in [0.2, 0.25) is 0 Å². The number of nitrogens with one attached hydrogen (secondary N) is 1. The van der Waals surface area contributed by atoms with Crippen LogP contribution >= 0.6 is 0 Å². The molecule has 0 heterocycles. The summed E-state index contributed by atoms with van der Waals surface area (Å²) in [4.78, 5) is 11.1. The minimum atomic E-state index is -0.951. The van der Waals surface area contributed by atoms with Crippen molar-refractivity contribution in [3.05, 3.63) is 35.9 Å². The number of benzene rings is 1. The van der Waals surface area contributed by atoms with Crippen LogP contribution in [0.4, 0.5) is 0 Å². The lowest BCUT2D eigenvalue weighted by Gasteiger charge is -2.28. The van der Waals surface area contributed by atoms with Gasteiger partial charge in [-0.15, -0.1) is 0 Å². The van der Waals surface area contributed by atoms with E-state index < -0.39 is 17.6 Å². The second-order valence-electron chi connectivity index (χ2n) is 4.37. The SMILES string of the molecule is CC(C)(CO)NC(C(=O)O)c1ccccc1. The summed E-state index contributed by atoms with van der Waals surface area (Å²) in [5.74, 6) is -0.951. The minimum Gasteiger partial charge on any atom is -0.480 e. The van der Waals surface area contributed by atoms with Crippen molar-refractivity contribution in [1.82, 2.24) is 5.32 Å². The summed E-state index contributed by atoms with van der Waals surface area (Å²) in [6.07, 6.45) is 0. The fraction of sp³-hybridized carbons (Fsp3) is 0.417. The first-order valence-electron chi connectivity index (χ1n) is 5.12. The molecule has 0 aromatic heterocycles. The summed E-state index contributed by atoms with van der Waals surface area (Å²) in [7, 11) is 0. The third-order valence-electron chi connectivity index (χ3n) is 2.31. The number of carboxylic acids is 1. The van der Waals surface area contributed by atoms with Crippen LogP contribution < -0.4 is 5.32 Å². The third-order valence-corrected chi connectivity index (χ3v) is 2.31. The average Bonchev–Trinajstić information content (AvgIpc) is 2.27. The Labute approximate surface area is 94.9 Å². The van der Waals surface area contributed by atoms with Gasteiger partial charge in [-0.05, 0) is 19.4 Å². The maximum atomic E-state index is 11.1. The molecule has 1 aromatic carbocycles. The van der Waals surface area contributed by atoms with Crippen LogP contribution in [-0.4, -0.2) is 28.3 Å². The van der Waals surface area contributed by atoms with Gasteiger partial charge in [-0.2, -0.15) is 0 Å². The standard InChI is InChI=1S/C12H17NO3/c1-12(2,8-14)13-10(11(15)16)9-6-4-3-5-7-9/h3-7,10,13-14H,8H2,1-2H3,(H,15,16). The second-order valence-corrected chi connectivity index (χ2v) is 4.37. The molecule has 1 unspecified atom stereocenters. The summed E-state index contributed by atoms with van der Waals surface area (Å²) < 4.78 is 0. The smallest absolute Gasteiger partial charge is 0.325 e. The molecule has 0 aliphatic rings. The first-order valence-corrected chi connectivity index (χ1v) is 5.12. The van der Waals surface area contributed by atoms with E-state index in [-0.39, 0.29) is 6.61 Å². The predicted molar refractivity (Wildman–Crippen MR) is 61.1 cm³/mol. The first-order chi connectivity index (χ1) is 7.46. The van der Waals surface area contributed by atoms with E-state index in [4.69, 9.17) is 10.2 Å². The van der Waals surface area contributed by atoms with Gasteiger partial charge in [0.15, 0.2) is 0 Å². The van der Waals surface area contributed by atoms with Crippen LogP contribution in [0.1, 0.15) is 25.5 Å². The number of aliphatic hydroxyl groups excluding tert-OH is 1. The number of rotatable bonds is 5. The highest BCUT2D eigenvalue weighted by atomic mass is 16.4. The Morgan fingerprint density at radius 1 is 1.38 bits per heavy atom. The van der Waals surface area contributed by atoms with Gasteiger partial charge in [-0.25, -0.2) is 0 Å². The second kappa shape index (κ2) is 5.09. The Hall–Kier alpha value is -1.39. The van der Waals surface area contributed by atoms with Crippen molar-refractivity contribution in [2.24, 2.45) is 0 Å². The van der Waals surface area contributed by atoms with E-state index in [1.807, 2.05) is 6.07 Å². The van der Waals surface area contributed by atoms with Crippen molar-refractivity contribution >= 4 is 5.97 Å². The molecule has 0 fully saturated rings. The van der Waals surface area contributed by atoms with E-state index >= 15 is 0 Å². The molecule has 0 bridgehead atoms. The Morgan fingerprint density at radius 3 is 2.38 bits per heavy atom. The van der Waals surface area contributed by atoms with E-state index in [2.05, 4.69) is 5.32 Å². The number of carbonyl (C=O) groups is 1. The highest BCUT2D eigenvalue weighted by Crippen LogP contribution is 2.16. The molecule has 88 valence electrons. The first kappa shape index (κ1) is 12.7. The van der Waals surface area contributed by atoms with Gasteiger partial charge in [-0.3, -0.25) is 10.1 Å². The maximum Gasteiger partial charge on any atom is 0.325 e. The lowest BCUT2D eigenvalue weighted by atomic mass is 10.0. The highest BCUT2D eigenvalue weighted by Gasteiger charge is 2.27. The van der Waals surface area contributed by atoms with E-state index in [0.29, 0.717) is 5.56 Å². The molecule has 0 radical (unpaired) electrons. The molecule has 4 heteroatoms. The number of aliphatic carboxylic acids is 1. The van der Waals surface area contributed by atoms with Gasteiger partial charge in [0.1, 0.15) is 6.04 Å². The van der Waals surface area contributed by atoms with Crippen molar-refractivity contribution in [2.45, 2.75) is 25.4 Å². The van der Waals surface area contributed by atoms with E-state index in [1.54, 1.807) is 38.1 Å². The zero-order valence-electron chi connectivity index (χ0n) is 9.47. The number of carboxylic acid groups (broad SMARTS) is 1. The molecule has 3 N–H and O–H groups in total. The zero-order chi connectivity index (χ0) is 12.2. The number of hydrogen-bond donors (Lipinski definition) is 3. The van der Waals surface area contributed by atoms with Crippen LogP contribution in [0.5, 0.6) is 0 Å². The largest absolute Gasteiger partial charge is 0.480 e. The van der Waals surface area contributed by atoms with Gasteiger partial charge >= 0.3 is 5.97 Å². The van der Waals surface area contributed by atoms with E-state index in [0.717, 1.165) is 0 Å². The molecule has 0 amide bonds. The molecule has 0 aliphatic heterocycles. The molecular weight excluding hydrogens is 206 g/mol. The van der Waals surface area contributed by atoms with Gasteiger partial charge in [-0.1, -0.05) is 30.3 Å². The predicted octanol–water partition coefficient (Wildman–Crippen LogP) is 1.17. The highest BCUT2D eigenvalue weighted by molar-refractivity contribution is 5.75. The van der Waals surface area contributed by atoms with Crippen LogP contribution in [0, 0.1) is 0 Å². The van der Waals surface area contributed by atoms with Crippen LogP contribution in [0.3, 0.4) is 0 Å². The number of aliphatic hydroxyl groups is 1. The van der Waals surface area contributed by atoms with Gasteiger partial charge in [0.05, 0.1) is 6.61 Å². The Morgan fingerprint density at radius 2 is 1.94 bits per heavy atom. The maximum absolute atomic E-state index is 11.1. The lowest BCUT2D eigenvalue weighted by Crippen LogP contribution is -2.47. The fourth-order valence-corrected chi connectivity index (χ4v) is 1.37. The van der Waals surface area contributed by atoms with Crippen LogP contribution in [0.25, 0.3) is 0 Å². The number of hydrogen-bond acceptors (Lipinski definition) is 3. The van der Waals surface area contributed by atoms with Crippen molar-refractivity contribution in [3.8, 4) is 0 Å². The van der Waals surface area contributed by atoms with Crippen molar-refractivity contribution in [3.63, 3.8) is 0 Å². The normalized spacial score (nSPS) is 13.4. The van der Waals surface area contributed by atoms with Gasteiger partial charge in [0, 0.05) is 5.54 Å². The topological polar surface area (TPSA) is 69.6 Å². The molecule has 0 saturated heterocycles. The van der Waals surface area contributed by atoms with Gasteiger partial charge in [0.2, 0.25) is 0 Å². The zero-order valence-corrected chi connectivity index (χ0v) is 9.47. The summed E-state index contributed by atoms with van der Waals surface area (Å²) in [6, 6.07) is 8.11.